The van der Waals surface area contributed by atoms with Gasteiger partial charge in [0.25, 0.3) is 0 Å². The van der Waals surface area contributed by atoms with Crippen LogP contribution in [-0.2, 0) is 6.42 Å². The van der Waals surface area contributed by atoms with Crippen LogP contribution in [0.15, 0.2) is 24.3 Å². The minimum absolute atomic E-state index is 0.367. The number of hydrogen-bond acceptors (Lipinski definition) is 1. The molecule has 0 unspecified atom stereocenters. The summed E-state index contributed by atoms with van der Waals surface area (Å²) in [5.74, 6) is 2.28. The van der Waals surface area contributed by atoms with E-state index in [-0.39, 0.29) is 0 Å². The lowest BCUT2D eigenvalue weighted by Crippen LogP contribution is -2.21. The summed E-state index contributed by atoms with van der Waals surface area (Å²) in [5.41, 5.74) is 1.35. The lowest BCUT2D eigenvalue weighted by molar-refractivity contribution is 0.200. The summed E-state index contributed by atoms with van der Waals surface area (Å²) in [4.78, 5) is 0. The number of hydrogen-bond donors (Lipinski definition) is 1. The Hall–Kier alpha value is -0.980. The Bertz CT molecular complexity index is 283. The molecule has 1 aliphatic carbocycles. The molecule has 0 amide bonds. The molecular formula is C13H18O. The number of benzene rings is 1. The van der Waals surface area contributed by atoms with Gasteiger partial charge < -0.3 is 5.11 Å². The van der Waals surface area contributed by atoms with Crippen LogP contribution in [0.5, 0.6) is 5.75 Å². The van der Waals surface area contributed by atoms with Crippen LogP contribution in [0.3, 0.4) is 0 Å². The van der Waals surface area contributed by atoms with Crippen molar-refractivity contribution >= 4 is 0 Å². The lowest BCUT2D eigenvalue weighted by atomic mass is 9.73. The number of aryl methyl sites for hydroxylation is 1. The molecular weight excluding hydrogens is 172 g/mol. The first-order valence-corrected chi connectivity index (χ1v) is 5.52. The largest absolute Gasteiger partial charge is 0.508 e. The fourth-order valence-corrected chi connectivity index (χ4v) is 2.34. The molecule has 0 bridgehead atoms. The number of phenols is 1. The van der Waals surface area contributed by atoms with E-state index < -0.39 is 0 Å². The van der Waals surface area contributed by atoms with Crippen molar-refractivity contribution in [3.05, 3.63) is 29.8 Å². The maximum Gasteiger partial charge on any atom is 0.115 e. The summed E-state index contributed by atoms with van der Waals surface area (Å²) in [6.07, 6.45) is 5.31. The summed E-state index contributed by atoms with van der Waals surface area (Å²) >= 11 is 0. The molecule has 0 atom stereocenters. The molecule has 0 aromatic heterocycles. The highest BCUT2D eigenvalue weighted by Gasteiger charge is 2.24. The van der Waals surface area contributed by atoms with E-state index in [0.29, 0.717) is 5.75 Å². The van der Waals surface area contributed by atoms with E-state index in [1.165, 1.54) is 24.8 Å². The van der Waals surface area contributed by atoms with Crippen molar-refractivity contribution in [1.82, 2.24) is 0 Å². The third-order valence-electron chi connectivity index (χ3n) is 3.25. The van der Waals surface area contributed by atoms with Crippen molar-refractivity contribution in [2.75, 3.05) is 0 Å². The Morgan fingerprint density at radius 1 is 1.21 bits per heavy atom. The third kappa shape index (κ3) is 2.28. The number of rotatable bonds is 3. The summed E-state index contributed by atoms with van der Waals surface area (Å²) in [7, 11) is 0. The topological polar surface area (TPSA) is 20.2 Å². The van der Waals surface area contributed by atoms with Crippen molar-refractivity contribution in [1.29, 1.82) is 0 Å². The molecule has 0 saturated heterocycles. The van der Waals surface area contributed by atoms with E-state index in [2.05, 4.69) is 6.92 Å². The van der Waals surface area contributed by atoms with E-state index in [4.69, 9.17) is 5.11 Å². The van der Waals surface area contributed by atoms with Gasteiger partial charge in [-0.1, -0.05) is 19.1 Å². The molecule has 1 fully saturated rings. The first-order valence-electron chi connectivity index (χ1n) is 5.52. The van der Waals surface area contributed by atoms with Crippen LogP contribution in [-0.4, -0.2) is 5.11 Å². The highest BCUT2D eigenvalue weighted by Crippen LogP contribution is 2.36. The average Bonchev–Trinajstić information content (AvgIpc) is 2.13. The average molecular weight is 190 g/mol. The molecule has 1 aromatic rings. The first-order chi connectivity index (χ1) is 6.74. The molecule has 1 N–H and O–H groups in total. The van der Waals surface area contributed by atoms with Gasteiger partial charge in [-0.3, -0.25) is 0 Å². The molecule has 1 saturated carbocycles. The zero-order valence-electron chi connectivity index (χ0n) is 8.74. The summed E-state index contributed by atoms with van der Waals surface area (Å²) < 4.78 is 0. The second-order valence-corrected chi connectivity index (χ2v) is 4.65. The molecule has 1 aliphatic rings. The van der Waals surface area contributed by atoms with E-state index in [9.17, 15) is 0 Å². The van der Waals surface area contributed by atoms with Gasteiger partial charge in [-0.25, -0.2) is 0 Å². The Morgan fingerprint density at radius 2 is 1.86 bits per heavy atom. The maximum atomic E-state index is 9.13. The second kappa shape index (κ2) is 4.04. The van der Waals surface area contributed by atoms with Crippen LogP contribution in [0.25, 0.3) is 0 Å². The van der Waals surface area contributed by atoms with Gasteiger partial charge >= 0.3 is 0 Å². The van der Waals surface area contributed by atoms with Crippen LogP contribution < -0.4 is 0 Å². The zero-order valence-corrected chi connectivity index (χ0v) is 8.74. The van der Waals surface area contributed by atoms with Crippen molar-refractivity contribution in [2.45, 2.75) is 32.6 Å². The number of aromatic hydroxyl groups is 1. The molecule has 2 rings (SSSR count). The van der Waals surface area contributed by atoms with Crippen LogP contribution in [0.4, 0.5) is 0 Å². The Kier molecular flexibility index (Phi) is 2.76. The van der Waals surface area contributed by atoms with Gasteiger partial charge in [-0.15, -0.1) is 0 Å². The van der Waals surface area contributed by atoms with Crippen molar-refractivity contribution in [3.8, 4) is 5.75 Å². The van der Waals surface area contributed by atoms with Crippen molar-refractivity contribution in [2.24, 2.45) is 11.8 Å². The van der Waals surface area contributed by atoms with Gasteiger partial charge in [0.1, 0.15) is 5.75 Å². The molecule has 0 spiro atoms. The molecule has 0 aliphatic heterocycles. The van der Waals surface area contributed by atoms with Crippen LogP contribution >= 0.6 is 0 Å². The van der Waals surface area contributed by atoms with Gasteiger partial charge in [-0.05, 0) is 55.2 Å². The second-order valence-electron chi connectivity index (χ2n) is 4.65. The van der Waals surface area contributed by atoms with Gasteiger partial charge in [-0.2, -0.15) is 0 Å². The lowest BCUT2D eigenvalue weighted by Gasteiger charge is -2.32. The van der Waals surface area contributed by atoms with E-state index in [0.717, 1.165) is 18.3 Å². The molecule has 14 heavy (non-hydrogen) atoms. The fraction of sp³-hybridized carbons (Fsp3) is 0.538. The Balaban J connectivity index is 1.78. The minimum Gasteiger partial charge on any atom is -0.508 e. The first kappa shape index (κ1) is 9.57. The minimum atomic E-state index is 0.367. The summed E-state index contributed by atoms with van der Waals surface area (Å²) in [5, 5.41) is 9.13. The molecule has 1 aromatic carbocycles. The van der Waals surface area contributed by atoms with E-state index in [1.807, 2.05) is 12.1 Å². The fourth-order valence-electron chi connectivity index (χ4n) is 2.34. The summed E-state index contributed by atoms with van der Waals surface area (Å²) in [6, 6.07) is 7.60. The van der Waals surface area contributed by atoms with Crippen molar-refractivity contribution in [3.63, 3.8) is 0 Å². The highest BCUT2D eigenvalue weighted by molar-refractivity contribution is 5.25. The Labute approximate surface area is 85.8 Å². The monoisotopic (exact) mass is 190 g/mol. The predicted molar refractivity (Wildman–Crippen MR) is 58.3 cm³/mol. The van der Waals surface area contributed by atoms with Gasteiger partial charge in [0.2, 0.25) is 0 Å². The van der Waals surface area contributed by atoms with Crippen LogP contribution in [0, 0.1) is 11.8 Å². The van der Waals surface area contributed by atoms with Gasteiger partial charge in [0.15, 0.2) is 0 Å². The molecule has 1 nitrogen and oxygen atoms in total. The summed E-state index contributed by atoms with van der Waals surface area (Å²) in [6.45, 7) is 2.33. The van der Waals surface area contributed by atoms with Gasteiger partial charge in [0.05, 0.1) is 0 Å². The van der Waals surface area contributed by atoms with Crippen LogP contribution in [0.1, 0.15) is 31.7 Å². The molecule has 0 heterocycles. The van der Waals surface area contributed by atoms with Crippen molar-refractivity contribution < 1.29 is 5.11 Å². The standard InChI is InChI=1S/C13H18O/c1-10-8-12(9-10)3-2-11-4-6-13(14)7-5-11/h4-7,10,12,14H,2-3,8-9H2,1H3. The smallest absolute Gasteiger partial charge is 0.115 e. The molecule has 0 radical (unpaired) electrons. The third-order valence-corrected chi connectivity index (χ3v) is 3.25. The molecule has 1 heteroatoms. The highest BCUT2D eigenvalue weighted by atomic mass is 16.3. The maximum absolute atomic E-state index is 9.13. The SMILES string of the molecule is CC1CC(CCc2ccc(O)cc2)C1. The van der Waals surface area contributed by atoms with E-state index in [1.54, 1.807) is 12.1 Å². The van der Waals surface area contributed by atoms with Crippen LogP contribution in [0.2, 0.25) is 0 Å². The number of phenolic OH excluding ortho intramolecular Hbond substituents is 1. The molecule has 76 valence electrons. The van der Waals surface area contributed by atoms with Gasteiger partial charge in [0, 0.05) is 0 Å². The Morgan fingerprint density at radius 3 is 2.43 bits per heavy atom. The van der Waals surface area contributed by atoms with E-state index >= 15 is 0 Å². The predicted octanol–water partition coefficient (Wildman–Crippen LogP) is 3.37. The quantitative estimate of drug-likeness (QED) is 0.774. The zero-order chi connectivity index (χ0) is 9.97. The normalized spacial score (nSPS) is 25.8.